The van der Waals surface area contributed by atoms with Gasteiger partial charge in [-0.2, -0.15) is 0 Å². The van der Waals surface area contributed by atoms with Gasteiger partial charge < -0.3 is 5.32 Å². The van der Waals surface area contributed by atoms with E-state index in [4.69, 9.17) is 0 Å². The molecule has 0 saturated carbocycles. The Morgan fingerprint density at radius 3 is 2.63 bits per heavy atom. The molecule has 1 aromatic carbocycles. The smallest absolute Gasteiger partial charge is 0.213 e. The van der Waals surface area contributed by atoms with Gasteiger partial charge in [0.15, 0.2) is 0 Å². The van der Waals surface area contributed by atoms with Crippen molar-refractivity contribution in [2.24, 2.45) is 0 Å². The van der Waals surface area contributed by atoms with Crippen molar-refractivity contribution in [1.29, 1.82) is 0 Å². The number of hydrogen-bond donors (Lipinski definition) is 1. The summed E-state index contributed by atoms with van der Waals surface area (Å²) in [6.45, 7) is 0. The van der Waals surface area contributed by atoms with Crippen LogP contribution in [0.4, 0.5) is 5.69 Å². The molecule has 1 aliphatic rings. The highest BCUT2D eigenvalue weighted by molar-refractivity contribution is 6.24. The molecule has 5 heteroatoms. The topological polar surface area (TPSA) is 72.0 Å². The predicted octanol–water partition coefficient (Wildman–Crippen LogP) is 1.85. The molecule has 0 fully saturated rings. The van der Waals surface area contributed by atoms with Gasteiger partial charge in [-0.15, -0.1) is 0 Å². The van der Waals surface area contributed by atoms with Gasteiger partial charge in [-0.1, -0.05) is 18.2 Å². The van der Waals surface area contributed by atoms with Crippen molar-refractivity contribution in [3.8, 4) is 0 Å². The van der Waals surface area contributed by atoms with E-state index < -0.39 is 0 Å². The minimum atomic E-state index is -0.296. The molecule has 2 aromatic rings. The van der Waals surface area contributed by atoms with Crippen LogP contribution >= 0.6 is 0 Å². The number of carbonyl (C=O) groups excluding carboxylic acids is 2. The zero-order chi connectivity index (χ0) is 13.2. The van der Waals surface area contributed by atoms with Crippen molar-refractivity contribution >= 4 is 17.3 Å². The maximum atomic E-state index is 12.2. The van der Waals surface area contributed by atoms with Gasteiger partial charge in [0.2, 0.25) is 11.6 Å². The molecule has 0 spiro atoms. The molecule has 1 heterocycles. The molecule has 0 unspecified atom stereocenters. The van der Waals surface area contributed by atoms with Crippen molar-refractivity contribution in [3.05, 3.63) is 65.9 Å². The fourth-order valence-corrected chi connectivity index (χ4v) is 1.87. The number of nitrogens with one attached hydrogen (secondary N) is 1. The number of anilines is 1. The third-order valence-corrected chi connectivity index (χ3v) is 2.76. The Kier molecular flexibility index (Phi) is 2.64. The molecule has 5 nitrogen and oxygen atoms in total. The second-order valence-corrected chi connectivity index (χ2v) is 4.03. The summed E-state index contributed by atoms with van der Waals surface area (Å²) in [5.74, 6) is -0.575. The third-order valence-electron chi connectivity index (χ3n) is 2.76. The van der Waals surface area contributed by atoms with E-state index in [0.717, 1.165) is 5.69 Å². The van der Waals surface area contributed by atoms with E-state index in [-0.39, 0.29) is 28.5 Å². The molecule has 1 N–H and O–H groups in total. The van der Waals surface area contributed by atoms with Gasteiger partial charge in [0, 0.05) is 18.0 Å². The first kappa shape index (κ1) is 11.3. The SMILES string of the molecule is O=C1C(Nc2ccccc2)=CC(=O)c2ncncc21. The Balaban J connectivity index is 1.97. The number of Topliss-reactive ketones (excluding diaryl/α,β-unsaturated/α-hetero) is 1. The summed E-state index contributed by atoms with van der Waals surface area (Å²) < 4.78 is 0. The van der Waals surface area contributed by atoms with Crippen LogP contribution in [0.5, 0.6) is 0 Å². The number of para-hydroxylation sites is 1. The molecule has 92 valence electrons. The highest BCUT2D eigenvalue weighted by Gasteiger charge is 2.26. The van der Waals surface area contributed by atoms with Crippen LogP contribution in [0, 0.1) is 0 Å². The number of carbonyl (C=O) groups is 2. The Labute approximate surface area is 109 Å². The number of hydrogen-bond acceptors (Lipinski definition) is 5. The van der Waals surface area contributed by atoms with Gasteiger partial charge >= 0.3 is 0 Å². The first-order chi connectivity index (χ1) is 9.25. The van der Waals surface area contributed by atoms with Crippen LogP contribution < -0.4 is 5.32 Å². The zero-order valence-corrected chi connectivity index (χ0v) is 9.83. The van der Waals surface area contributed by atoms with E-state index in [1.165, 1.54) is 18.6 Å². The van der Waals surface area contributed by atoms with Gasteiger partial charge in [0.25, 0.3) is 0 Å². The molecular weight excluding hydrogens is 242 g/mol. The van der Waals surface area contributed by atoms with E-state index in [0.29, 0.717) is 0 Å². The highest BCUT2D eigenvalue weighted by Crippen LogP contribution is 2.20. The van der Waals surface area contributed by atoms with Gasteiger partial charge in [-0.05, 0) is 12.1 Å². The van der Waals surface area contributed by atoms with Gasteiger partial charge in [0.05, 0.1) is 11.3 Å². The van der Waals surface area contributed by atoms with Crippen molar-refractivity contribution in [1.82, 2.24) is 9.97 Å². The number of nitrogens with zero attached hydrogens (tertiary/aromatic N) is 2. The maximum absolute atomic E-state index is 12.2. The summed E-state index contributed by atoms with van der Waals surface area (Å²) >= 11 is 0. The molecular formula is C14H9N3O2. The second-order valence-electron chi connectivity index (χ2n) is 4.03. The Bertz CT molecular complexity index is 693. The molecule has 19 heavy (non-hydrogen) atoms. The number of benzene rings is 1. The minimum Gasteiger partial charge on any atom is -0.352 e. The van der Waals surface area contributed by atoms with Gasteiger partial charge in [-0.25, -0.2) is 9.97 Å². The standard InChI is InChI=1S/C14H9N3O2/c18-12-6-11(17-9-4-2-1-3-5-9)14(19)10-7-15-8-16-13(10)12/h1-8,17H. The normalized spacial score (nSPS) is 13.8. The fourth-order valence-electron chi connectivity index (χ4n) is 1.87. The fraction of sp³-hybridized carbons (Fsp3) is 0. The van der Waals surface area contributed by atoms with E-state index in [1.807, 2.05) is 30.3 Å². The second kappa shape index (κ2) is 4.45. The summed E-state index contributed by atoms with van der Waals surface area (Å²) in [5, 5.41) is 2.94. The van der Waals surface area contributed by atoms with E-state index in [9.17, 15) is 9.59 Å². The number of fused-ring (bicyclic) bond motifs is 1. The first-order valence-electron chi connectivity index (χ1n) is 5.68. The van der Waals surface area contributed by atoms with Crippen molar-refractivity contribution < 1.29 is 9.59 Å². The molecule has 1 aliphatic carbocycles. The Morgan fingerprint density at radius 1 is 1.05 bits per heavy atom. The monoisotopic (exact) mass is 251 g/mol. The van der Waals surface area contributed by atoms with Crippen LogP contribution in [0.25, 0.3) is 0 Å². The molecule has 0 radical (unpaired) electrons. The minimum absolute atomic E-state index is 0.151. The Hall–Kier alpha value is -2.82. The lowest BCUT2D eigenvalue weighted by Gasteiger charge is -2.15. The number of ketones is 2. The molecule has 0 amide bonds. The van der Waals surface area contributed by atoms with E-state index >= 15 is 0 Å². The van der Waals surface area contributed by atoms with Crippen LogP contribution in [0.15, 0.2) is 54.6 Å². The average Bonchev–Trinajstić information content (AvgIpc) is 2.46. The summed E-state index contributed by atoms with van der Waals surface area (Å²) in [5.41, 5.74) is 1.36. The summed E-state index contributed by atoms with van der Waals surface area (Å²) in [6, 6.07) is 9.19. The zero-order valence-electron chi connectivity index (χ0n) is 9.83. The van der Waals surface area contributed by atoms with Crippen LogP contribution in [0.1, 0.15) is 20.8 Å². The van der Waals surface area contributed by atoms with Crippen LogP contribution in [0.2, 0.25) is 0 Å². The van der Waals surface area contributed by atoms with Crippen LogP contribution in [-0.4, -0.2) is 21.5 Å². The van der Waals surface area contributed by atoms with E-state index in [1.54, 1.807) is 0 Å². The number of rotatable bonds is 2. The lowest BCUT2D eigenvalue weighted by Crippen LogP contribution is -2.22. The molecule has 0 atom stereocenters. The quantitative estimate of drug-likeness (QED) is 0.881. The van der Waals surface area contributed by atoms with Crippen LogP contribution in [0.3, 0.4) is 0 Å². The lowest BCUT2D eigenvalue weighted by atomic mass is 9.98. The van der Waals surface area contributed by atoms with Crippen molar-refractivity contribution in [2.75, 3.05) is 5.32 Å². The molecule has 3 rings (SSSR count). The first-order valence-corrected chi connectivity index (χ1v) is 5.68. The average molecular weight is 251 g/mol. The van der Waals surface area contributed by atoms with Gasteiger partial charge in [0.1, 0.15) is 12.0 Å². The summed E-state index contributed by atoms with van der Waals surface area (Å²) in [4.78, 5) is 31.7. The largest absolute Gasteiger partial charge is 0.352 e. The molecule has 0 saturated heterocycles. The van der Waals surface area contributed by atoms with Crippen molar-refractivity contribution in [3.63, 3.8) is 0 Å². The highest BCUT2D eigenvalue weighted by atomic mass is 16.1. The molecule has 0 bridgehead atoms. The van der Waals surface area contributed by atoms with Gasteiger partial charge in [-0.3, -0.25) is 9.59 Å². The Morgan fingerprint density at radius 2 is 1.84 bits per heavy atom. The predicted molar refractivity (Wildman–Crippen MR) is 68.8 cm³/mol. The molecule has 1 aromatic heterocycles. The van der Waals surface area contributed by atoms with Crippen LogP contribution in [-0.2, 0) is 0 Å². The third kappa shape index (κ3) is 2.01. The number of aromatic nitrogens is 2. The van der Waals surface area contributed by atoms with E-state index in [2.05, 4.69) is 15.3 Å². The molecule has 0 aliphatic heterocycles. The lowest BCUT2D eigenvalue weighted by molar-refractivity contribution is 0.0981. The summed E-state index contributed by atoms with van der Waals surface area (Å²) in [7, 11) is 0. The summed E-state index contributed by atoms with van der Waals surface area (Å²) in [6.07, 6.45) is 3.89. The van der Waals surface area contributed by atoms with Crippen molar-refractivity contribution in [2.45, 2.75) is 0 Å². The number of allylic oxidation sites excluding steroid dienone is 2. The maximum Gasteiger partial charge on any atom is 0.213 e.